The van der Waals surface area contributed by atoms with E-state index in [1.165, 1.54) is 18.2 Å². The monoisotopic (exact) mass is 236 g/mol. The Morgan fingerprint density at radius 1 is 1.53 bits per heavy atom. The summed E-state index contributed by atoms with van der Waals surface area (Å²) in [6.07, 6.45) is 10.9. The van der Waals surface area contributed by atoms with Gasteiger partial charge < -0.3 is 15.3 Å². The molecule has 0 saturated heterocycles. The minimum Gasteiger partial charge on any atom is -0.508 e. The van der Waals surface area contributed by atoms with Crippen LogP contribution in [0.4, 0.5) is 0 Å². The Morgan fingerprint density at radius 2 is 2.24 bits per heavy atom. The Morgan fingerprint density at radius 3 is 2.82 bits per heavy atom. The first-order chi connectivity index (χ1) is 7.99. The second-order valence-electron chi connectivity index (χ2n) is 3.89. The van der Waals surface area contributed by atoms with Crippen molar-refractivity contribution in [3.63, 3.8) is 0 Å². The van der Waals surface area contributed by atoms with Crippen LogP contribution in [0.2, 0.25) is 0 Å². The maximum absolute atomic E-state index is 11.0. The van der Waals surface area contributed by atoms with Crippen LogP contribution in [0.5, 0.6) is 0 Å². The number of carbonyl (C=O) groups is 1. The molecule has 4 heteroatoms. The van der Waals surface area contributed by atoms with Crippen LogP contribution in [0.25, 0.3) is 0 Å². The largest absolute Gasteiger partial charge is 0.508 e. The molecule has 0 aromatic rings. The van der Waals surface area contributed by atoms with Crippen LogP contribution >= 0.6 is 0 Å². The third-order valence-electron chi connectivity index (χ3n) is 2.55. The molecule has 1 aliphatic rings. The van der Waals surface area contributed by atoms with Crippen molar-refractivity contribution in [1.82, 2.24) is 0 Å². The van der Waals surface area contributed by atoms with Gasteiger partial charge in [0.05, 0.1) is 0 Å². The summed E-state index contributed by atoms with van der Waals surface area (Å²) in [6, 6.07) is 0. The maximum atomic E-state index is 11.0. The van der Waals surface area contributed by atoms with E-state index in [0.717, 1.165) is 0 Å². The summed E-state index contributed by atoms with van der Waals surface area (Å²) in [5.41, 5.74) is -1.58. The predicted molar refractivity (Wildman–Crippen MR) is 64.5 cm³/mol. The fourth-order valence-electron chi connectivity index (χ4n) is 1.68. The van der Waals surface area contributed by atoms with E-state index in [0.29, 0.717) is 0 Å². The number of carboxylic acids is 1. The fraction of sp³-hybridized carbons (Fsp3) is 0.308. The topological polar surface area (TPSA) is 77.8 Å². The molecular formula is C13H16O4. The molecule has 0 aromatic heterocycles. The standard InChI is InChI=1S/C13H16O4/c1-2-3-4-5-8-13(17)9-10(14)6-7-11(13)12(15)16/h2-7,9,11,14,17H,8H2,1H3,(H,15,16)/b3-2+,5-4+. The van der Waals surface area contributed by atoms with E-state index >= 15 is 0 Å². The summed E-state index contributed by atoms with van der Waals surface area (Å²) in [7, 11) is 0. The van der Waals surface area contributed by atoms with Gasteiger partial charge in [0.1, 0.15) is 17.3 Å². The molecule has 2 unspecified atom stereocenters. The highest BCUT2D eigenvalue weighted by Gasteiger charge is 2.39. The zero-order valence-corrected chi connectivity index (χ0v) is 9.58. The minimum atomic E-state index is -1.58. The Labute approximate surface area is 99.9 Å². The van der Waals surface area contributed by atoms with Crippen LogP contribution in [-0.4, -0.2) is 26.9 Å². The molecule has 0 amide bonds. The van der Waals surface area contributed by atoms with Crippen LogP contribution in [0.1, 0.15) is 13.3 Å². The average Bonchev–Trinajstić information content (AvgIpc) is 2.23. The third kappa shape index (κ3) is 3.32. The van der Waals surface area contributed by atoms with Crippen LogP contribution < -0.4 is 0 Å². The summed E-state index contributed by atoms with van der Waals surface area (Å²) < 4.78 is 0. The zero-order valence-electron chi connectivity index (χ0n) is 9.58. The van der Waals surface area contributed by atoms with Gasteiger partial charge in [0.2, 0.25) is 0 Å². The minimum absolute atomic E-state index is 0.121. The van der Waals surface area contributed by atoms with Crippen molar-refractivity contribution in [2.45, 2.75) is 18.9 Å². The van der Waals surface area contributed by atoms with Gasteiger partial charge in [-0.05, 0) is 25.5 Å². The SMILES string of the molecule is C/C=C/C=C/CC1(O)C=C(O)C=CC1C(=O)O. The highest BCUT2D eigenvalue weighted by Crippen LogP contribution is 2.30. The number of aliphatic hydroxyl groups is 2. The van der Waals surface area contributed by atoms with E-state index in [1.54, 1.807) is 18.2 Å². The number of carboxylic acid groups (broad SMARTS) is 1. The Balaban J connectivity index is 2.88. The second-order valence-corrected chi connectivity index (χ2v) is 3.89. The number of allylic oxidation sites excluding steroid dienone is 4. The number of hydrogen-bond acceptors (Lipinski definition) is 3. The van der Waals surface area contributed by atoms with Gasteiger partial charge in [-0.15, -0.1) is 0 Å². The highest BCUT2D eigenvalue weighted by atomic mass is 16.4. The molecule has 0 saturated carbocycles. The molecule has 0 aliphatic heterocycles. The van der Waals surface area contributed by atoms with Crippen molar-refractivity contribution >= 4 is 5.97 Å². The quantitative estimate of drug-likeness (QED) is 0.652. The molecule has 1 aliphatic carbocycles. The number of hydrogen-bond donors (Lipinski definition) is 3. The first kappa shape index (κ1) is 13.3. The summed E-state index contributed by atoms with van der Waals surface area (Å²) in [4.78, 5) is 11.0. The average molecular weight is 236 g/mol. The van der Waals surface area contributed by atoms with Gasteiger partial charge in [-0.3, -0.25) is 4.79 Å². The van der Waals surface area contributed by atoms with Crippen molar-refractivity contribution < 1.29 is 20.1 Å². The summed E-state index contributed by atoms with van der Waals surface area (Å²) in [5.74, 6) is -2.29. The normalized spacial score (nSPS) is 28.8. The molecule has 17 heavy (non-hydrogen) atoms. The molecule has 1 rings (SSSR count). The lowest BCUT2D eigenvalue weighted by Crippen LogP contribution is -2.41. The zero-order chi connectivity index (χ0) is 12.9. The van der Waals surface area contributed by atoms with Gasteiger partial charge >= 0.3 is 5.97 Å². The smallest absolute Gasteiger partial charge is 0.313 e. The van der Waals surface area contributed by atoms with E-state index in [4.69, 9.17) is 5.11 Å². The molecule has 0 fully saturated rings. The Bertz CT molecular complexity index is 404. The predicted octanol–water partition coefficient (Wildman–Crippen LogP) is 1.95. The lowest BCUT2D eigenvalue weighted by atomic mass is 9.81. The Kier molecular flexibility index (Phi) is 4.29. The third-order valence-corrected chi connectivity index (χ3v) is 2.55. The number of aliphatic hydroxyl groups excluding tert-OH is 1. The summed E-state index contributed by atoms with van der Waals surface area (Å²) in [5, 5.41) is 28.6. The van der Waals surface area contributed by atoms with Crippen LogP contribution in [0, 0.1) is 5.92 Å². The molecule has 92 valence electrons. The first-order valence-electron chi connectivity index (χ1n) is 5.32. The van der Waals surface area contributed by atoms with E-state index < -0.39 is 17.5 Å². The first-order valence-corrected chi connectivity index (χ1v) is 5.32. The molecular weight excluding hydrogens is 220 g/mol. The van der Waals surface area contributed by atoms with E-state index in [2.05, 4.69) is 0 Å². The van der Waals surface area contributed by atoms with Crippen molar-refractivity contribution in [3.8, 4) is 0 Å². The van der Waals surface area contributed by atoms with Gasteiger partial charge in [-0.25, -0.2) is 0 Å². The van der Waals surface area contributed by atoms with Crippen molar-refractivity contribution in [2.75, 3.05) is 0 Å². The van der Waals surface area contributed by atoms with Crippen LogP contribution in [0.15, 0.2) is 48.3 Å². The fourth-order valence-corrected chi connectivity index (χ4v) is 1.68. The highest BCUT2D eigenvalue weighted by molar-refractivity contribution is 5.75. The molecule has 0 heterocycles. The number of aliphatic carboxylic acids is 1. The molecule has 3 N–H and O–H groups in total. The van der Waals surface area contributed by atoms with Gasteiger partial charge in [-0.2, -0.15) is 0 Å². The molecule has 4 nitrogen and oxygen atoms in total. The van der Waals surface area contributed by atoms with Crippen LogP contribution in [0.3, 0.4) is 0 Å². The molecule has 0 bridgehead atoms. The van der Waals surface area contributed by atoms with E-state index in [-0.39, 0.29) is 12.2 Å². The molecule has 0 radical (unpaired) electrons. The van der Waals surface area contributed by atoms with E-state index in [1.807, 2.05) is 13.0 Å². The molecule has 0 spiro atoms. The lowest BCUT2D eigenvalue weighted by molar-refractivity contribution is -0.146. The van der Waals surface area contributed by atoms with E-state index in [9.17, 15) is 15.0 Å². The van der Waals surface area contributed by atoms with Gasteiger partial charge in [0, 0.05) is 0 Å². The summed E-state index contributed by atoms with van der Waals surface area (Å²) >= 11 is 0. The second kappa shape index (κ2) is 5.50. The summed E-state index contributed by atoms with van der Waals surface area (Å²) in [6.45, 7) is 1.86. The van der Waals surface area contributed by atoms with Crippen molar-refractivity contribution in [3.05, 3.63) is 48.3 Å². The molecule has 2 atom stereocenters. The lowest BCUT2D eigenvalue weighted by Gasteiger charge is -2.30. The number of rotatable bonds is 4. The van der Waals surface area contributed by atoms with Crippen molar-refractivity contribution in [2.24, 2.45) is 5.92 Å². The maximum Gasteiger partial charge on any atom is 0.313 e. The van der Waals surface area contributed by atoms with Crippen LogP contribution in [-0.2, 0) is 4.79 Å². The van der Waals surface area contributed by atoms with Crippen molar-refractivity contribution in [1.29, 1.82) is 0 Å². The molecule has 0 aromatic carbocycles. The van der Waals surface area contributed by atoms with Gasteiger partial charge in [0.15, 0.2) is 0 Å². The van der Waals surface area contributed by atoms with Gasteiger partial charge in [0.25, 0.3) is 0 Å². The van der Waals surface area contributed by atoms with Gasteiger partial charge in [-0.1, -0.05) is 30.4 Å². The Hall–Kier alpha value is -1.81.